The monoisotopic (exact) mass is 459 g/mol. The maximum absolute atomic E-state index is 14.2. The lowest BCUT2D eigenvalue weighted by molar-refractivity contribution is -0.117. The van der Waals surface area contributed by atoms with Gasteiger partial charge in [-0.3, -0.25) is 9.59 Å². The van der Waals surface area contributed by atoms with Crippen LogP contribution in [0.25, 0.3) is 16.8 Å². The molecule has 2 amide bonds. The number of nitrogens with one attached hydrogen (secondary N) is 2. The van der Waals surface area contributed by atoms with E-state index < -0.39 is 23.9 Å². The molecule has 3 aromatic rings. The SMILES string of the molecule is NC1CCCC(F)(F)C1NC(=O)c1cc(-c2ccc3nc(NC(=O)C4CC4)cn3c2)cs1. The van der Waals surface area contributed by atoms with Gasteiger partial charge in [0.05, 0.1) is 11.1 Å². The van der Waals surface area contributed by atoms with Crippen molar-refractivity contribution in [2.24, 2.45) is 11.7 Å². The molecule has 2 aliphatic rings. The maximum Gasteiger partial charge on any atom is 0.269 e. The van der Waals surface area contributed by atoms with Gasteiger partial charge in [-0.25, -0.2) is 13.8 Å². The van der Waals surface area contributed by atoms with E-state index in [2.05, 4.69) is 15.6 Å². The predicted molar refractivity (Wildman–Crippen MR) is 118 cm³/mol. The average molecular weight is 460 g/mol. The fourth-order valence-electron chi connectivity index (χ4n) is 4.04. The molecule has 0 bridgehead atoms. The van der Waals surface area contributed by atoms with Gasteiger partial charge in [-0.05, 0) is 60.4 Å². The molecule has 3 aromatic heterocycles. The van der Waals surface area contributed by atoms with Crippen LogP contribution in [0.4, 0.5) is 14.6 Å². The van der Waals surface area contributed by atoms with Gasteiger partial charge in [-0.1, -0.05) is 0 Å². The van der Waals surface area contributed by atoms with Crippen LogP contribution < -0.4 is 16.4 Å². The lowest BCUT2D eigenvalue weighted by Gasteiger charge is -2.36. The summed E-state index contributed by atoms with van der Waals surface area (Å²) >= 11 is 1.19. The number of imidazole rings is 1. The number of carbonyl (C=O) groups is 2. The van der Waals surface area contributed by atoms with E-state index in [4.69, 9.17) is 5.73 Å². The Morgan fingerprint density at radius 3 is 2.75 bits per heavy atom. The largest absolute Gasteiger partial charge is 0.341 e. The van der Waals surface area contributed by atoms with E-state index in [1.807, 2.05) is 23.7 Å². The number of hydrogen-bond acceptors (Lipinski definition) is 5. The summed E-state index contributed by atoms with van der Waals surface area (Å²) in [6, 6.07) is 3.24. The second kappa shape index (κ2) is 7.93. The molecule has 5 rings (SSSR count). The van der Waals surface area contributed by atoms with Crippen LogP contribution in [0.3, 0.4) is 0 Å². The number of pyridine rings is 1. The molecule has 7 nitrogen and oxygen atoms in total. The summed E-state index contributed by atoms with van der Waals surface area (Å²) in [5.74, 6) is -2.97. The lowest BCUT2D eigenvalue weighted by Crippen LogP contribution is -2.59. The van der Waals surface area contributed by atoms with Crippen molar-refractivity contribution in [2.75, 3.05) is 5.32 Å². The topological polar surface area (TPSA) is 102 Å². The summed E-state index contributed by atoms with van der Waals surface area (Å²) in [5, 5.41) is 7.08. The van der Waals surface area contributed by atoms with Crippen molar-refractivity contribution in [3.8, 4) is 11.1 Å². The van der Waals surface area contributed by atoms with Crippen LogP contribution in [0.15, 0.2) is 36.0 Å². The highest BCUT2D eigenvalue weighted by molar-refractivity contribution is 7.12. The van der Waals surface area contributed by atoms with Gasteiger partial charge in [0, 0.05) is 24.6 Å². The van der Waals surface area contributed by atoms with Crippen molar-refractivity contribution in [1.82, 2.24) is 14.7 Å². The molecule has 2 saturated carbocycles. The van der Waals surface area contributed by atoms with Gasteiger partial charge in [0.25, 0.3) is 11.8 Å². The Balaban J connectivity index is 1.32. The number of anilines is 1. The molecular weight excluding hydrogens is 436 g/mol. The lowest BCUT2D eigenvalue weighted by atomic mass is 9.87. The standard InChI is InChI=1S/C22H23F2N5O2S/c23-22(24)7-1-2-15(25)19(22)28-21(31)16-8-14(11-32-16)13-5-6-18-26-17(10-29(18)9-13)27-20(30)12-3-4-12/h5-6,8-12,15,19H,1-4,7,25H2,(H,27,30)(H,28,31). The van der Waals surface area contributed by atoms with Crippen LogP contribution in [0.2, 0.25) is 0 Å². The van der Waals surface area contributed by atoms with Gasteiger partial charge < -0.3 is 20.8 Å². The van der Waals surface area contributed by atoms with E-state index in [1.54, 1.807) is 16.7 Å². The Labute approximate surface area is 187 Å². The summed E-state index contributed by atoms with van der Waals surface area (Å²) in [4.78, 5) is 29.3. The number of fused-ring (bicyclic) bond motifs is 1. The number of nitrogens with zero attached hydrogens (tertiary/aromatic N) is 2. The highest BCUT2D eigenvalue weighted by Crippen LogP contribution is 2.34. The second-order valence-corrected chi connectivity index (χ2v) is 9.45. The Morgan fingerprint density at radius 2 is 2.00 bits per heavy atom. The molecule has 32 heavy (non-hydrogen) atoms. The van der Waals surface area contributed by atoms with Crippen LogP contribution in [-0.2, 0) is 4.79 Å². The number of halogens is 2. The van der Waals surface area contributed by atoms with E-state index in [0.717, 1.165) is 24.0 Å². The summed E-state index contributed by atoms with van der Waals surface area (Å²) in [7, 11) is 0. The van der Waals surface area contributed by atoms with Crippen molar-refractivity contribution in [2.45, 2.75) is 50.1 Å². The number of carbonyl (C=O) groups excluding carboxylic acids is 2. The first-order chi connectivity index (χ1) is 15.3. The molecule has 3 heterocycles. The predicted octanol–water partition coefficient (Wildman–Crippen LogP) is 3.66. The Morgan fingerprint density at radius 1 is 1.19 bits per heavy atom. The number of nitrogens with two attached hydrogens (primary N) is 1. The quantitative estimate of drug-likeness (QED) is 0.542. The van der Waals surface area contributed by atoms with Crippen molar-refractivity contribution in [3.05, 3.63) is 40.8 Å². The van der Waals surface area contributed by atoms with Crippen LogP contribution >= 0.6 is 11.3 Å². The van der Waals surface area contributed by atoms with E-state index >= 15 is 0 Å². The highest BCUT2D eigenvalue weighted by atomic mass is 32.1. The number of amides is 2. The molecule has 0 aromatic carbocycles. The Hall–Kier alpha value is -2.85. The minimum Gasteiger partial charge on any atom is -0.341 e. The summed E-state index contributed by atoms with van der Waals surface area (Å²) < 4.78 is 30.2. The van der Waals surface area contributed by atoms with E-state index in [-0.39, 0.29) is 18.2 Å². The number of rotatable bonds is 5. The van der Waals surface area contributed by atoms with E-state index in [1.165, 1.54) is 11.3 Å². The van der Waals surface area contributed by atoms with Crippen molar-refractivity contribution in [1.29, 1.82) is 0 Å². The van der Waals surface area contributed by atoms with Gasteiger partial charge >= 0.3 is 0 Å². The minimum absolute atomic E-state index is 0.00891. The second-order valence-electron chi connectivity index (χ2n) is 8.54. The third-order valence-electron chi connectivity index (χ3n) is 6.02. The maximum atomic E-state index is 14.2. The van der Waals surface area contributed by atoms with Crippen molar-refractivity contribution < 1.29 is 18.4 Å². The number of alkyl halides is 2. The van der Waals surface area contributed by atoms with Crippen molar-refractivity contribution in [3.63, 3.8) is 0 Å². The van der Waals surface area contributed by atoms with Crippen molar-refractivity contribution >= 4 is 34.6 Å². The van der Waals surface area contributed by atoms with Gasteiger partial charge in [-0.15, -0.1) is 11.3 Å². The zero-order valence-corrected chi connectivity index (χ0v) is 18.0. The molecule has 0 aliphatic heterocycles. The molecule has 0 saturated heterocycles. The molecule has 2 unspecified atom stereocenters. The molecule has 2 aliphatic carbocycles. The van der Waals surface area contributed by atoms with Crippen LogP contribution in [0, 0.1) is 5.92 Å². The van der Waals surface area contributed by atoms with Gasteiger partial charge in [0.1, 0.15) is 11.7 Å². The van der Waals surface area contributed by atoms with Crippen LogP contribution in [0.1, 0.15) is 41.8 Å². The smallest absolute Gasteiger partial charge is 0.269 e. The summed E-state index contributed by atoms with van der Waals surface area (Å²) in [6.45, 7) is 0. The number of thiophene rings is 1. The molecule has 2 atom stereocenters. The third kappa shape index (κ3) is 4.12. The van der Waals surface area contributed by atoms with Gasteiger partial charge in [0.2, 0.25) is 5.91 Å². The van der Waals surface area contributed by atoms with Gasteiger partial charge in [0.15, 0.2) is 5.82 Å². The molecule has 0 radical (unpaired) electrons. The first-order valence-electron chi connectivity index (χ1n) is 10.6. The van der Waals surface area contributed by atoms with Crippen LogP contribution in [-0.4, -0.2) is 39.2 Å². The molecule has 168 valence electrons. The number of aromatic nitrogens is 2. The highest BCUT2D eigenvalue weighted by Gasteiger charge is 2.46. The molecule has 10 heteroatoms. The summed E-state index contributed by atoms with van der Waals surface area (Å²) in [5.41, 5.74) is 8.17. The normalized spacial score (nSPS) is 22.6. The first-order valence-corrected chi connectivity index (χ1v) is 11.5. The third-order valence-corrected chi connectivity index (χ3v) is 6.95. The molecule has 0 spiro atoms. The fraction of sp³-hybridized carbons (Fsp3) is 0.409. The van der Waals surface area contributed by atoms with Gasteiger partial charge in [-0.2, -0.15) is 0 Å². The van der Waals surface area contributed by atoms with Crippen LogP contribution in [0.5, 0.6) is 0 Å². The molecule has 2 fully saturated rings. The zero-order chi connectivity index (χ0) is 22.5. The molecule has 4 N–H and O–H groups in total. The zero-order valence-electron chi connectivity index (χ0n) is 17.2. The van der Waals surface area contributed by atoms with E-state index in [9.17, 15) is 18.4 Å². The van der Waals surface area contributed by atoms with E-state index in [0.29, 0.717) is 29.2 Å². The average Bonchev–Trinajstić information content (AvgIpc) is 3.34. The molecular formula is C22H23F2N5O2S. The first kappa shape index (κ1) is 21.0. The minimum atomic E-state index is -3.01. The fourth-order valence-corrected chi connectivity index (χ4v) is 4.86. The Bertz CT molecular complexity index is 1190. The Kier molecular flexibility index (Phi) is 5.21. The summed E-state index contributed by atoms with van der Waals surface area (Å²) in [6.07, 6.45) is 5.98. The number of hydrogen-bond donors (Lipinski definition) is 3.